The zero-order chi connectivity index (χ0) is 98.2. The maximum absolute atomic E-state index is 16.1. The summed E-state index contributed by atoms with van der Waals surface area (Å²) in [4.78, 5) is 87.3. The molecule has 141 heavy (non-hydrogen) atoms. The summed E-state index contributed by atoms with van der Waals surface area (Å²) in [6, 6.07) is 98.8. The number of aromatic nitrogens is 4. The SMILES string of the molecule is CC(C)(C)c1ccc(C2=C3C=CC(=N3)C(c3ccc(C(C)(C)C)cc3)=c3ccc([nH]3)=c3c4c(c(-c5ccccc5)c5cc(C(C)(C)C)ccc35)C(OC(=O)c3ccccc3)=C(N=4)c3cc(-c4cc5[nH]c4C(c4ccc(C(C)(C)C)cc4)=C4C=C([N+](=O)[O-])C(=N4)C(c4ccc(C(C)(C)C)cc4)=c4ccc([nH]4)=c4c6c(c(-c7ccccc7)c7cc(C(C)(C)C)ccc47)C(OC(=O)c4ccccc4)=C5N=6)c2[nH]3)cc1. The third-order valence-corrected chi connectivity index (χ3v) is 28.3. The van der Waals surface area contributed by atoms with Gasteiger partial charge >= 0.3 is 11.9 Å². The number of aromatic amines is 4. The van der Waals surface area contributed by atoms with Crippen molar-refractivity contribution in [3.8, 4) is 33.4 Å². The molecule has 4 N–H and O–H groups in total. The van der Waals surface area contributed by atoms with Crippen LogP contribution in [0, 0.1) is 31.2 Å². The van der Waals surface area contributed by atoms with Crippen molar-refractivity contribution in [3.63, 3.8) is 0 Å². The van der Waals surface area contributed by atoms with E-state index in [0.29, 0.717) is 128 Å². The van der Waals surface area contributed by atoms with Gasteiger partial charge in [-0.15, -0.1) is 0 Å². The van der Waals surface area contributed by atoms with E-state index in [2.05, 4.69) is 327 Å². The van der Waals surface area contributed by atoms with E-state index in [1.165, 1.54) is 5.56 Å². The van der Waals surface area contributed by atoms with Crippen LogP contribution in [0.25, 0.3) is 100 Å². The van der Waals surface area contributed by atoms with E-state index in [-0.39, 0.29) is 71.7 Å². The number of ether oxygens (including phenoxy) is 2. The molecule has 22 rings (SSSR count). The van der Waals surface area contributed by atoms with Crippen molar-refractivity contribution in [1.82, 2.24) is 19.9 Å². The molecule has 12 aromatic carbocycles. The number of H-pyrrole nitrogens is 4. The quantitative estimate of drug-likeness (QED) is 0.0531. The highest BCUT2D eigenvalue weighted by Gasteiger charge is 2.41. The number of allylic oxidation sites excluding steroid dienone is 4. The van der Waals surface area contributed by atoms with Gasteiger partial charge in [-0.05, 0) is 206 Å². The van der Waals surface area contributed by atoms with Gasteiger partial charge in [-0.1, -0.05) is 343 Å². The lowest BCUT2D eigenvalue weighted by atomic mass is 9.83. The molecule has 6 aliphatic rings. The summed E-state index contributed by atoms with van der Waals surface area (Å²) >= 11 is 0. The van der Waals surface area contributed by atoms with Crippen LogP contribution in [-0.2, 0) is 42.0 Å². The second-order valence-corrected chi connectivity index (χ2v) is 44.0. The number of carbonyl (C=O) groups excluding carboxylic acids is 2. The van der Waals surface area contributed by atoms with Crippen molar-refractivity contribution in [2.24, 2.45) is 20.0 Å². The Kier molecular flexibility index (Phi) is 21.2. The summed E-state index contributed by atoms with van der Waals surface area (Å²) in [7, 11) is 0. The Balaban J connectivity index is 0.966. The number of esters is 2. The third-order valence-electron chi connectivity index (χ3n) is 28.3. The lowest BCUT2D eigenvalue weighted by Crippen LogP contribution is -2.20. The standard InChI is InChI=1S/C126H109N9O6/c1-121(2,3)78-47-39-72(40-48-78)102-90-59-61-92(127-90)103(73-41-49-79(50-42-73)122(4,5)6)110-88(67-97(131-110)112-117(140-119(136)76-35-27-21-28-36-76)108-100(70-31-23-19-24-32-70)86-65-82(125(13,14)15)55-57-84(86)106(115(108)133-112)94-63-60-91(102)128-94)89-68-98-113-118(141-120(137)77-37-29-22-30-38-77)109-101(71-33-25-20-26-34-71)87-66-83(126(16,17)18)56-58-85(87)107(116(109)134-113)95-64-62-93(129-95)104(74-43-51-80(52-44-74)123(7,8)9)114-99(135(138)139)69-96(130-114)105(111(89)132-98)75-45-53-81(54-46-75)124(10,11)12/h19-69,128-129,131-132H,1-18H3. The number of nitrogens with zero attached hydrogens (tertiary/aromatic N) is 5. The average Bonchev–Trinajstić information content (AvgIpc) is 1.56. The van der Waals surface area contributed by atoms with Gasteiger partial charge in [0.1, 0.15) is 11.4 Å². The zero-order valence-corrected chi connectivity index (χ0v) is 82.6. The molecule has 0 spiro atoms. The molecule has 16 bridgehead atoms. The number of benzene rings is 12. The maximum Gasteiger partial charge on any atom is 0.343 e. The Morgan fingerprint density at radius 1 is 0.312 bits per heavy atom. The molecule has 15 nitrogen and oxygen atoms in total. The number of hydrogen-bond acceptors (Lipinski definition) is 10. The van der Waals surface area contributed by atoms with Crippen LogP contribution >= 0.6 is 0 Å². The van der Waals surface area contributed by atoms with Gasteiger partial charge in [-0.3, -0.25) is 10.1 Å². The van der Waals surface area contributed by atoms with Crippen molar-refractivity contribution in [2.45, 2.75) is 157 Å². The lowest BCUT2D eigenvalue weighted by Gasteiger charge is -2.22. The van der Waals surface area contributed by atoms with E-state index in [4.69, 9.17) is 29.4 Å². The minimum atomic E-state index is -0.628. The predicted octanol–water partition coefficient (Wildman–Crippen LogP) is 26.9. The van der Waals surface area contributed by atoms with Gasteiger partial charge < -0.3 is 29.4 Å². The first-order valence-corrected chi connectivity index (χ1v) is 48.5. The Labute approximate surface area is 819 Å². The molecule has 10 heterocycles. The largest absolute Gasteiger partial charge is 0.420 e. The molecule has 0 atom stereocenters. The van der Waals surface area contributed by atoms with Crippen molar-refractivity contribution in [3.05, 3.63) is 480 Å². The fraction of sp³-hybridized carbons (Fsp3) is 0.190. The van der Waals surface area contributed by atoms with Crippen LogP contribution in [0.15, 0.2) is 346 Å². The second-order valence-electron chi connectivity index (χ2n) is 44.0. The molecular weight excluding hydrogens is 1740 g/mol. The minimum absolute atomic E-state index is 0.122. The van der Waals surface area contributed by atoms with Gasteiger partial charge in [0.05, 0.1) is 77.8 Å². The molecular formula is C126H109N9O6. The summed E-state index contributed by atoms with van der Waals surface area (Å²) in [6.07, 6.45) is 5.83. The lowest BCUT2D eigenvalue weighted by molar-refractivity contribution is -0.414. The van der Waals surface area contributed by atoms with Crippen molar-refractivity contribution < 1.29 is 24.0 Å². The predicted molar refractivity (Wildman–Crippen MR) is 569 cm³/mol. The van der Waals surface area contributed by atoms with Crippen molar-refractivity contribution in [2.75, 3.05) is 0 Å². The van der Waals surface area contributed by atoms with Crippen molar-refractivity contribution >= 4 is 90.1 Å². The summed E-state index contributed by atoms with van der Waals surface area (Å²) < 4.78 is 14.8. The molecule has 0 amide bonds. The van der Waals surface area contributed by atoms with Crippen LogP contribution in [0.1, 0.15) is 235 Å². The second kappa shape index (κ2) is 33.3. The van der Waals surface area contributed by atoms with Gasteiger partial charge in [0, 0.05) is 82.5 Å². The monoisotopic (exact) mass is 1840 g/mol. The van der Waals surface area contributed by atoms with Gasteiger partial charge in [-0.2, -0.15) is 0 Å². The highest BCUT2D eigenvalue weighted by molar-refractivity contribution is 6.33. The van der Waals surface area contributed by atoms with Gasteiger partial charge in [0.2, 0.25) is 0 Å². The molecule has 694 valence electrons. The highest BCUT2D eigenvalue weighted by Crippen LogP contribution is 2.52. The van der Waals surface area contributed by atoms with Crippen molar-refractivity contribution in [1.29, 1.82) is 0 Å². The minimum Gasteiger partial charge on any atom is -0.420 e. The fourth-order valence-electron chi connectivity index (χ4n) is 20.6. The van der Waals surface area contributed by atoms with Crippen LogP contribution in [0.2, 0.25) is 0 Å². The number of aliphatic imine (C=N–C) groups is 2. The average molecular weight is 1850 g/mol. The first-order valence-electron chi connectivity index (χ1n) is 48.5. The molecule has 6 aliphatic heterocycles. The van der Waals surface area contributed by atoms with Crippen LogP contribution in [0.3, 0.4) is 0 Å². The third kappa shape index (κ3) is 15.8. The number of hydrogen-bond donors (Lipinski definition) is 4. The van der Waals surface area contributed by atoms with Gasteiger partial charge in [0.15, 0.2) is 17.2 Å². The van der Waals surface area contributed by atoms with E-state index in [9.17, 15) is 0 Å². The number of fused-ring (bicyclic) bond motifs is 18. The number of nitrogens with one attached hydrogen (secondary N) is 4. The summed E-state index contributed by atoms with van der Waals surface area (Å²) in [6.45, 7) is 39.7. The van der Waals surface area contributed by atoms with Gasteiger partial charge in [-0.25, -0.2) is 29.6 Å². The van der Waals surface area contributed by atoms with E-state index >= 15 is 19.7 Å². The molecule has 0 radical (unpaired) electrons. The fourth-order valence-corrected chi connectivity index (χ4v) is 20.6. The molecule has 0 saturated heterocycles. The first kappa shape index (κ1) is 89.9. The zero-order valence-electron chi connectivity index (χ0n) is 82.6. The van der Waals surface area contributed by atoms with Crippen LogP contribution in [0.4, 0.5) is 0 Å². The van der Waals surface area contributed by atoms with E-state index in [0.717, 1.165) is 104 Å². The first-order chi connectivity index (χ1) is 67.3. The normalized spacial score (nSPS) is 14.6. The molecule has 15 heteroatoms. The summed E-state index contributed by atoms with van der Waals surface area (Å²) in [5, 5.41) is 23.7. The maximum atomic E-state index is 16.1. The molecule has 16 aromatic rings. The molecule has 4 aromatic heterocycles. The Morgan fingerprint density at radius 2 is 0.652 bits per heavy atom. The smallest absolute Gasteiger partial charge is 0.343 e. The summed E-state index contributed by atoms with van der Waals surface area (Å²) in [5.74, 6) is -0.881. The topological polar surface area (TPSA) is 208 Å². The number of nitro groups is 1. The van der Waals surface area contributed by atoms with E-state index in [1.54, 1.807) is 30.3 Å². The number of rotatable bonds is 12. The van der Waals surface area contributed by atoms with E-state index < -0.39 is 11.9 Å². The van der Waals surface area contributed by atoms with Crippen LogP contribution in [-0.4, -0.2) is 48.2 Å². The Bertz CT molecular complexity index is 8860. The number of carbonyl (C=O) groups is 2. The van der Waals surface area contributed by atoms with E-state index in [1.807, 2.05) is 97.1 Å². The molecule has 0 aliphatic carbocycles. The Hall–Kier alpha value is -16.3. The summed E-state index contributed by atoms with van der Waals surface area (Å²) in [5.41, 5.74) is 20.2. The van der Waals surface area contributed by atoms with Crippen LogP contribution in [0.5, 0.6) is 0 Å². The molecule has 0 fully saturated rings. The Morgan fingerprint density at radius 3 is 1.03 bits per heavy atom. The van der Waals surface area contributed by atoms with Gasteiger partial charge in [0.25, 0.3) is 5.70 Å². The molecule has 0 saturated carbocycles. The van der Waals surface area contributed by atoms with Crippen LogP contribution < -0.4 is 21.4 Å². The molecule has 0 unspecified atom stereocenters. The highest BCUT2D eigenvalue weighted by atomic mass is 16.6.